The molecular formula is C17H13FN2O2S. The van der Waals surface area contributed by atoms with E-state index in [0.29, 0.717) is 37.6 Å². The number of nitrogens with zero attached hydrogens (tertiary/aromatic N) is 1. The van der Waals surface area contributed by atoms with Crippen molar-refractivity contribution in [3.8, 4) is 0 Å². The number of carbonyl (C=O) groups excluding carboxylic acids is 2. The predicted molar refractivity (Wildman–Crippen MR) is 88.6 cm³/mol. The van der Waals surface area contributed by atoms with Gasteiger partial charge in [-0.15, -0.1) is 11.3 Å². The molecule has 0 atom stereocenters. The quantitative estimate of drug-likeness (QED) is 0.743. The van der Waals surface area contributed by atoms with Crippen LogP contribution in [0.5, 0.6) is 0 Å². The van der Waals surface area contributed by atoms with Gasteiger partial charge >= 0.3 is 0 Å². The maximum atomic E-state index is 13.0. The monoisotopic (exact) mass is 328 g/mol. The number of ketones is 2. The average Bonchev–Trinajstić information content (AvgIpc) is 2.82. The maximum Gasteiger partial charge on any atom is 0.205 e. The van der Waals surface area contributed by atoms with Crippen LogP contribution in [0.3, 0.4) is 0 Å². The third kappa shape index (κ3) is 2.61. The Bertz CT molecular complexity index is 945. The van der Waals surface area contributed by atoms with Crippen molar-refractivity contribution >= 4 is 38.8 Å². The minimum absolute atomic E-state index is 0.103. The van der Waals surface area contributed by atoms with E-state index in [0.717, 1.165) is 0 Å². The van der Waals surface area contributed by atoms with Crippen LogP contribution in [-0.2, 0) is 0 Å². The number of halogens is 1. The highest BCUT2D eigenvalue weighted by Crippen LogP contribution is 2.35. The van der Waals surface area contributed by atoms with Crippen molar-refractivity contribution in [3.05, 3.63) is 57.8 Å². The van der Waals surface area contributed by atoms with Gasteiger partial charge in [0.15, 0.2) is 5.78 Å². The zero-order valence-electron chi connectivity index (χ0n) is 12.5. The Hall–Kier alpha value is -2.60. The zero-order chi connectivity index (χ0) is 16.7. The number of nitrogens with two attached hydrogens (primary N) is 1. The van der Waals surface area contributed by atoms with Crippen LogP contribution in [0.1, 0.15) is 38.2 Å². The SMILES string of the molecule is CC(=O)c1cc2c(N)c(C(=O)c3ccc(F)cc3)sc2nc1C. The fourth-order valence-electron chi connectivity index (χ4n) is 2.39. The second-order valence-electron chi connectivity index (χ2n) is 5.21. The Labute approximate surface area is 135 Å². The molecule has 0 bridgehead atoms. The van der Waals surface area contributed by atoms with Crippen molar-refractivity contribution in [3.63, 3.8) is 0 Å². The normalized spacial score (nSPS) is 10.9. The lowest BCUT2D eigenvalue weighted by atomic mass is 10.1. The van der Waals surface area contributed by atoms with E-state index in [1.54, 1.807) is 13.0 Å². The van der Waals surface area contributed by atoms with Crippen molar-refractivity contribution in [1.29, 1.82) is 0 Å². The topological polar surface area (TPSA) is 73.1 Å². The molecule has 6 heteroatoms. The van der Waals surface area contributed by atoms with Gasteiger partial charge in [0.2, 0.25) is 5.78 Å². The molecule has 2 aromatic heterocycles. The summed E-state index contributed by atoms with van der Waals surface area (Å²) in [5.74, 6) is -0.796. The summed E-state index contributed by atoms with van der Waals surface area (Å²) in [6.45, 7) is 3.20. The molecule has 0 aliphatic heterocycles. The van der Waals surface area contributed by atoms with Gasteiger partial charge in [0, 0.05) is 22.2 Å². The number of thiophene rings is 1. The lowest BCUT2D eigenvalue weighted by molar-refractivity contribution is 0.101. The molecule has 0 fully saturated rings. The molecule has 23 heavy (non-hydrogen) atoms. The molecule has 0 amide bonds. The molecule has 3 aromatic rings. The number of hydrogen-bond donors (Lipinski definition) is 1. The maximum absolute atomic E-state index is 13.0. The van der Waals surface area contributed by atoms with Gasteiger partial charge in [0.25, 0.3) is 0 Å². The van der Waals surface area contributed by atoms with E-state index in [1.165, 1.54) is 42.5 Å². The van der Waals surface area contributed by atoms with Crippen molar-refractivity contribution in [2.75, 3.05) is 5.73 Å². The van der Waals surface area contributed by atoms with E-state index < -0.39 is 5.82 Å². The summed E-state index contributed by atoms with van der Waals surface area (Å²) in [6.07, 6.45) is 0. The van der Waals surface area contributed by atoms with Gasteiger partial charge in [-0.05, 0) is 44.2 Å². The van der Waals surface area contributed by atoms with Gasteiger partial charge in [0.1, 0.15) is 15.5 Å². The molecule has 0 spiro atoms. The van der Waals surface area contributed by atoms with Gasteiger partial charge in [-0.2, -0.15) is 0 Å². The highest BCUT2D eigenvalue weighted by atomic mass is 32.1. The summed E-state index contributed by atoms with van der Waals surface area (Å²) in [6, 6.07) is 6.97. The first-order chi connectivity index (χ1) is 10.9. The van der Waals surface area contributed by atoms with Crippen molar-refractivity contribution in [2.24, 2.45) is 0 Å². The van der Waals surface area contributed by atoms with Crippen molar-refractivity contribution in [2.45, 2.75) is 13.8 Å². The Morgan fingerprint density at radius 1 is 1.22 bits per heavy atom. The summed E-state index contributed by atoms with van der Waals surface area (Å²) in [5, 5.41) is 0.594. The number of nitrogen functional groups attached to an aromatic ring is 1. The van der Waals surface area contributed by atoms with Crippen LogP contribution in [0.25, 0.3) is 10.2 Å². The standard InChI is InChI=1S/C17H13FN2O2S/c1-8-12(9(2)21)7-13-14(19)16(23-17(13)20-8)15(22)10-3-5-11(18)6-4-10/h3-7H,19H2,1-2H3. The van der Waals surface area contributed by atoms with Gasteiger partial charge in [-0.1, -0.05) is 0 Å². The van der Waals surface area contributed by atoms with Crippen LogP contribution in [0.4, 0.5) is 10.1 Å². The number of hydrogen-bond acceptors (Lipinski definition) is 5. The first-order valence-corrected chi connectivity index (χ1v) is 7.71. The first kappa shape index (κ1) is 15.3. The molecule has 1 aromatic carbocycles. The number of aromatic nitrogens is 1. The third-order valence-electron chi connectivity index (χ3n) is 3.60. The van der Waals surface area contributed by atoms with Crippen molar-refractivity contribution in [1.82, 2.24) is 4.98 Å². The number of rotatable bonds is 3. The van der Waals surface area contributed by atoms with E-state index in [4.69, 9.17) is 5.73 Å². The molecule has 0 aliphatic rings. The van der Waals surface area contributed by atoms with E-state index in [9.17, 15) is 14.0 Å². The molecular weight excluding hydrogens is 315 g/mol. The number of fused-ring (bicyclic) bond motifs is 1. The summed E-state index contributed by atoms with van der Waals surface area (Å²) < 4.78 is 13.0. The zero-order valence-corrected chi connectivity index (χ0v) is 13.3. The van der Waals surface area contributed by atoms with Crippen LogP contribution >= 0.6 is 11.3 Å². The highest BCUT2D eigenvalue weighted by Gasteiger charge is 2.20. The molecule has 2 N–H and O–H groups in total. The average molecular weight is 328 g/mol. The largest absolute Gasteiger partial charge is 0.397 e. The number of Topliss-reactive ketones (excluding diaryl/α,β-unsaturated/α-hetero) is 1. The van der Waals surface area contributed by atoms with Gasteiger partial charge < -0.3 is 5.73 Å². The van der Waals surface area contributed by atoms with Crippen LogP contribution in [0.15, 0.2) is 30.3 Å². The summed E-state index contributed by atoms with van der Waals surface area (Å²) in [7, 11) is 0. The Balaban J connectivity index is 2.15. The Kier molecular flexibility index (Phi) is 3.69. The summed E-state index contributed by atoms with van der Waals surface area (Å²) >= 11 is 1.17. The molecule has 0 saturated heterocycles. The fraction of sp³-hybridized carbons (Fsp3) is 0.118. The second kappa shape index (κ2) is 5.55. The number of carbonyl (C=O) groups is 2. The van der Waals surface area contributed by atoms with Crippen LogP contribution in [0.2, 0.25) is 0 Å². The van der Waals surface area contributed by atoms with Crippen LogP contribution in [0, 0.1) is 12.7 Å². The van der Waals surface area contributed by atoms with E-state index in [-0.39, 0.29) is 11.6 Å². The lowest BCUT2D eigenvalue weighted by Gasteiger charge is -2.01. The van der Waals surface area contributed by atoms with Gasteiger partial charge in [0.05, 0.1) is 5.69 Å². The molecule has 4 nitrogen and oxygen atoms in total. The van der Waals surface area contributed by atoms with Gasteiger partial charge in [-0.25, -0.2) is 9.37 Å². The van der Waals surface area contributed by atoms with Gasteiger partial charge in [-0.3, -0.25) is 9.59 Å². The molecule has 0 aliphatic carbocycles. The number of aryl methyl sites for hydroxylation is 1. The highest BCUT2D eigenvalue weighted by molar-refractivity contribution is 7.21. The van der Waals surface area contributed by atoms with E-state index in [1.807, 2.05) is 0 Å². The van der Waals surface area contributed by atoms with E-state index in [2.05, 4.69) is 4.98 Å². The predicted octanol–water partition coefficient (Wildman–Crippen LogP) is 3.76. The minimum Gasteiger partial charge on any atom is -0.397 e. The lowest BCUT2D eigenvalue weighted by Crippen LogP contribution is -2.02. The minimum atomic E-state index is -0.408. The molecule has 3 rings (SSSR count). The molecule has 2 heterocycles. The molecule has 116 valence electrons. The Morgan fingerprint density at radius 2 is 1.87 bits per heavy atom. The fourth-order valence-corrected chi connectivity index (χ4v) is 3.47. The molecule has 0 unspecified atom stereocenters. The van der Waals surface area contributed by atoms with E-state index >= 15 is 0 Å². The van der Waals surface area contributed by atoms with Crippen LogP contribution in [-0.4, -0.2) is 16.6 Å². The first-order valence-electron chi connectivity index (χ1n) is 6.89. The molecule has 0 saturated carbocycles. The summed E-state index contributed by atoms with van der Waals surface area (Å²) in [4.78, 5) is 29.5. The Morgan fingerprint density at radius 3 is 2.48 bits per heavy atom. The smallest absolute Gasteiger partial charge is 0.205 e. The molecule has 0 radical (unpaired) electrons. The number of anilines is 1. The number of benzene rings is 1. The van der Waals surface area contributed by atoms with Crippen molar-refractivity contribution < 1.29 is 14.0 Å². The summed E-state index contributed by atoms with van der Waals surface area (Å²) in [5.41, 5.74) is 7.84. The van der Waals surface area contributed by atoms with Crippen LogP contribution < -0.4 is 5.73 Å². The number of pyridine rings is 1. The second-order valence-corrected chi connectivity index (χ2v) is 6.21. The third-order valence-corrected chi connectivity index (χ3v) is 4.72.